The summed E-state index contributed by atoms with van der Waals surface area (Å²) in [5, 5.41) is 3.35. The lowest BCUT2D eigenvalue weighted by atomic mass is 10.2. The van der Waals surface area contributed by atoms with Gasteiger partial charge in [-0.05, 0) is 30.7 Å². The van der Waals surface area contributed by atoms with Gasteiger partial charge in [0.05, 0.1) is 5.69 Å². The molecule has 1 atom stereocenters. The van der Waals surface area contributed by atoms with Gasteiger partial charge in [-0.2, -0.15) is 11.8 Å². The molecule has 1 saturated heterocycles. The van der Waals surface area contributed by atoms with Crippen molar-refractivity contribution in [3.05, 3.63) is 24.3 Å². The number of benzene rings is 1. The topological polar surface area (TPSA) is 58.2 Å². The third kappa shape index (κ3) is 3.87. The number of rotatable bonds is 6. The lowest BCUT2D eigenvalue weighted by Gasteiger charge is -2.16. The SMILES string of the molecule is CCCNS(=O)(=O)c1ccccc1NC1CCSC1. The highest BCUT2D eigenvalue weighted by Crippen LogP contribution is 2.26. The summed E-state index contributed by atoms with van der Waals surface area (Å²) >= 11 is 1.90. The number of anilines is 1. The van der Waals surface area contributed by atoms with Crippen molar-refractivity contribution in [1.29, 1.82) is 0 Å². The van der Waals surface area contributed by atoms with Crippen LogP contribution in [0.25, 0.3) is 0 Å². The second-order valence-corrected chi connectivity index (χ2v) is 7.48. The Hall–Kier alpha value is -0.720. The van der Waals surface area contributed by atoms with Crippen LogP contribution in [0.2, 0.25) is 0 Å². The van der Waals surface area contributed by atoms with E-state index < -0.39 is 10.0 Å². The van der Waals surface area contributed by atoms with Crippen LogP contribution < -0.4 is 10.0 Å². The van der Waals surface area contributed by atoms with Crippen LogP contribution in [0.1, 0.15) is 19.8 Å². The number of hydrogen-bond acceptors (Lipinski definition) is 4. The summed E-state index contributed by atoms with van der Waals surface area (Å²) in [5.74, 6) is 2.18. The van der Waals surface area contributed by atoms with Gasteiger partial charge >= 0.3 is 0 Å². The lowest BCUT2D eigenvalue weighted by molar-refractivity contribution is 0.581. The molecule has 2 N–H and O–H groups in total. The molecule has 0 aromatic heterocycles. The van der Waals surface area contributed by atoms with Crippen LogP contribution in [0.5, 0.6) is 0 Å². The summed E-state index contributed by atoms with van der Waals surface area (Å²) in [7, 11) is -3.41. The zero-order chi connectivity index (χ0) is 13.7. The summed E-state index contributed by atoms with van der Waals surface area (Å²) in [4.78, 5) is 0.348. The number of nitrogens with one attached hydrogen (secondary N) is 2. The van der Waals surface area contributed by atoms with Gasteiger partial charge in [0.25, 0.3) is 0 Å². The molecular formula is C13H20N2O2S2. The Balaban J connectivity index is 2.19. The second-order valence-electron chi connectivity index (χ2n) is 4.60. The molecule has 1 aromatic carbocycles. The highest BCUT2D eigenvalue weighted by Gasteiger charge is 2.21. The van der Waals surface area contributed by atoms with E-state index >= 15 is 0 Å². The molecule has 19 heavy (non-hydrogen) atoms. The minimum Gasteiger partial charge on any atom is -0.380 e. The van der Waals surface area contributed by atoms with Crippen LogP contribution >= 0.6 is 11.8 Å². The predicted octanol–water partition coefficient (Wildman–Crippen LogP) is 2.29. The van der Waals surface area contributed by atoms with Crippen molar-refractivity contribution in [2.24, 2.45) is 0 Å². The van der Waals surface area contributed by atoms with Crippen molar-refractivity contribution in [2.75, 3.05) is 23.4 Å². The Kier molecular flexibility index (Phi) is 5.13. The van der Waals surface area contributed by atoms with E-state index in [1.54, 1.807) is 12.1 Å². The minimum atomic E-state index is -3.41. The lowest BCUT2D eigenvalue weighted by Crippen LogP contribution is -2.27. The largest absolute Gasteiger partial charge is 0.380 e. The quantitative estimate of drug-likeness (QED) is 0.846. The second kappa shape index (κ2) is 6.63. The first-order valence-corrected chi connectivity index (χ1v) is 9.20. The zero-order valence-electron chi connectivity index (χ0n) is 11.1. The zero-order valence-corrected chi connectivity index (χ0v) is 12.7. The van der Waals surface area contributed by atoms with Crippen LogP contribution in [-0.2, 0) is 10.0 Å². The van der Waals surface area contributed by atoms with Gasteiger partial charge in [0.1, 0.15) is 4.90 Å². The predicted molar refractivity (Wildman–Crippen MR) is 81.3 cm³/mol. The Labute approximate surface area is 119 Å². The summed E-state index contributed by atoms with van der Waals surface area (Å²) in [6.07, 6.45) is 1.87. The van der Waals surface area contributed by atoms with E-state index in [1.165, 1.54) is 0 Å². The van der Waals surface area contributed by atoms with Crippen molar-refractivity contribution in [2.45, 2.75) is 30.7 Å². The van der Waals surface area contributed by atoms with E-state index in [2.05, 4.69) is 10.0 Å². The third-order valence-corrected chi connectivity index (χ3v) is 5.69. The first-order valence-electron chi connectivity index (χ1n) is 6.56. The monoisotopic (exact) mass is 300 g/mol. The summed E-state index contributed by atoms with van der Waals surface area (Å²) < 4.78 is 27.1. The minimum absolute atomic E-state index is 0.348. The summed E-state index contributed by atoms with van der Waals surface area (Å²) in [5.41, 5.74) is 0.707. The fourth-order valence-electron chi connectivity index (χ4n) is 2.00. The van der Waals surface area contributed by atoms with Crippen LogP contribution in [-0.4, -0.2) is 32.5 Å². The first-order chi connectivity index (χ1) is 9.13. The molecule has 106 valence electrons. The van der Waals surface area contributed by atoms with E-state index in [4.69, 9.17) is 0 Å². The normalized spacial score (nSPS) is 19.5. The van der Waals surface area contributed by atoms with E-state index in [1.807, 2.05) is 30.8 Å². The Morgan fingerprint density at radius 2 is 2.16 bits per heavy atom. The Morgan fingerprint density at radius 3 is 2.84 bits per heavy atom. The van der Waals surface area contributed by atoms with Crippen molar-refractivity contribution < 1.29 is 8.42 Å². The van der Waals surface area contributed by atoms with Crippen molar-refractivity contribution in [3.63, 3.8) is 0 Å². The number of hydrogen-bond donors (Lipinski definition) is 2. The third-order valence-electron chi connectivity index (χ3n) is 3.01. The average Bonchev–Trinajstić information content (AvgIpc) is 2.90. The number of sulfonamides is 1. The molecular weight excluding hydrogens is 280 g/mol. The highest BCUT2D eigenvalue weighted by molar-refractivity contribution is 7.99. The maximum absolute atomic E-state index is 12.2. The summed E-state index contributed by atoms with van der Waals surface area (Å²) in [6.45, 7) is 2.42. The smallest absolute Gasteiger partial charge is 0.242 e. The van der Waals surface area contributed by atoms with Crippen molar-refractivity contribution in [1.82, 2.24) is 4.72 Å². The van der Waals surface area contributed by atoms with Gasteiger partial charge in [-0.3, -0.25) is 0 Å². The molecule has 1 aromatic rings. The molecule has 0 bridgehead atoms. The van der Waals surface area contributed by atoms with Gasteiger partial charge in [0.15, 0.2) is 0 Å². The molecule has 1 aliphatic rings. The standard InChI is InChI=1S/C13H20N2O2S2/c1-2-8-14-19(16,17)13-6-4-3-5-12(13)15-11-7-9-18-10-11/h3-6,11,14-15H,2,7-10H2,1H3. The van der Waals surface area contributed by atoms with Gasteiger partial charge in [-0.15, -0.1) is 0 Å². The Bertz CT molecular complexity index is 511. The molecule has 0 radical (unpaired) electrons. The number of para-hydroxylation sites is 1. The molecule has 1 heterocycles. The maximum Gasteiger partial charge on any atom is 0.242 e. The van der Waals surface area contributed by atoms with Crippen LogP contribution in [0.4, 0.5) is 5.69 Å². The van der Waals surface area contributed by atoms with E-state index in [0.717, 1.165) is 24.3 Å². The molecule has 2 rings (SSSR count). The van der Waals surface area contributed by atoms with Crippen molar-refractivity contribution in [3.8, 4) is 0 Å². The van der Waals surface area contributed by atoms with Gasteiger partial charge < -0.3 is 5.32 Å². The molecule has 4 nitrogen and oxygen atoms in total. The molecule has 1 aliphatic heterocycles. The molecule has 0 amide bonds. The van der Waals surface area contributed by atoms with E-state index in [-0.39, 0.29) is 0 Å². The molecule has 0 aliphatic carbocycles. The van der Waals surface area contributed by atoms with Crippen molar-refractivity contribution >= 4 is 27.5 Å². The fraction of sp³-hybridized carbons (Fsp3) is 0.538. The molecule has 1 fully saturated rings. The fourth-order valence-corrected chi connectivity index (χ4v) is 4.46. The van der Waals surface area contributed by atoms with E-state index in [9.17, 15) is 8.42 Å². The van der Waals surface area contributed by atoms with Crippen LogP contribution in [0, 0.1) is 0 Å². The van der Waals surface area contributed by atoms with Crippen LogP contribution in [0.15, 0.2) is 29.2 Å². The van der Waals surface area contributed by atoms with Gasteiger partial charge in [0, 0.05) is 18.3 Å². The van der Waals surface area contributed by atoms with Gasteiger partial charge in [0.2, 0.25) is 10.0 Å². The molecule has 0 saturated carbocycles. The summed E-state index contributed by atoms with van der Waals surface area (Å²) in [6, 6.07) is 7.48. The molecule has 0 spiro atoms. The first kappa shape index (κ1) is 14.7. The van der Waals surface area contributed by atoms with Gasteiger partial charge in [-0.25, -0.2) is 13.1 Å². The maximum atomic E-state index is 12.2. The van der Waals surface area contributed by atoms with Crippen LogP contribution in [0.3, 0.4) is 0 Å². The van der Waals surface area contributed by atoms with Gasteiger partial charge in [-0.1, -0.05) is 19.1 Å². The Morgan fingerprint density at radius 1 is 1.37 bits per heavy atom. The van der Waals surface area contributed by atoms with E-state index in [0.29, 0.717) is 23.2 Å². The molecule has 1 unspecified atom stereocenters. The number of thioether (sulfide) groups is 1. The average molecular weight is 300 g/mol. The molecule has 6 heteroatoms. The highest BCUT2D eigenvalue weighted by atomic mass is 32.2.